The maximum absolute atomic E-state index is 15.1. The third-order valence-corrected chi connectivity index (χ3v) is 20.4. The van der Waals surface area contributed by atoms with Crippen molar-refractivity contribution in [3.8, 4) is 5.75 Å². The van der Waals surface area contributed by atoms with Crippen molar-refractivity contribution in [1.29, 1.82) is 0 Å². The van der Waals surface area contributed by atoms with Crippen LogP contribution in [0, 0.1) is 17.8 Å². The number of aliphatic carboxylic acids is 2. The predicted octanol–water partition coefficient (Wildman–Crippen LogP) is -3.51. The molecule has 2 aromatic carbocycles. The first-order valence-corrected chi connectivity index (χ1v) is 40.2. The number of aliphatic imine (C=N–C) groups is 2. The zero-order valence-electron chi connectivity index (χ0n) is 67.9. The molecule has 0 saturated carbocycles. The maximum atomic E-state index is 15.1. The number of guanidine groups is 2. The van der Waals surface area contributed by atoms with Gasteiger partial charge in [-0.2, -0.15) is 0 Å². The first kappa shape index (κ1) is 96.8. The molecule has 14 atom stereocenters. The zero-order chi connectivity index (χ0) is 87.5. The van der Waals surface area contributed by atoms with Crippen molar-refractivity contribution in [2.75, 3.05) is 32.7 Å². The standard InChI is InChI=1S/C78H121N21O19/c1-7-44(6)63(73(114)96-57(76(117)118)38-43(4)5)97-70(111)55(39-45-17-9-8-10-18-45)95-72(113)59-23-16-36-99(59)75(116)52(21-14-34-86-78(83)84)90-64(105)48(20-13-33-85-77(81)82)89-71(112)58-22-15-35-98(58)74(115)51(19-11-12-32-79)91-69(110)56(41-60(80)101)94-66(107)50(29-31-62(103)104)88-68(109)54(40-46-24-26-47(100)27-25-46)93-67(108)53(37-42(2)3)92-65(106)49-28-30-61(102)87-49/h8-10,17-18,24-27,42-44,48-59,63,100H,7,11-16,19-23,28-41,79H2,1-6H3,(H2,80,101)(H,87,102)(H,88,109)(H,89,112)(H,90,105)(H,91,110)(H,92,106)(H,93,108)(H,94,107)(H,95,113)(H,96,114)(H,97,111)(H,103,104)(H,117,118)(H4,81,82,85)(H4,83,84,86). The average Bonchev–Trinajstić information content (AvgIpc) is 1.63. The second-order valence-electron chi connectivity index (χ2n) is 30.9. The van der Waals surface area contributed by atoms with Crippen LogP contribution >= 0.6 is 0 Å². The van der Waals surface area contributed by atoms with Gasteiger partial charge < -0.3 is 118 Å². The van der Waals surface area contributed by atoms with Crippen LogP contribution in [-0.2, 0) is 89.6 Å². The van der Waals surface area contributed by atoms with Crippen LogP contribution in [0.25, 0.3) is 0 Å². The van der Waals surface area contributed by atoms with E-state index in [-0.39, 0.29) is 164 Å². The SMILES string of the molecule is CCC(C)C(NC(=O)C(Cc1ccccc1)NC(=O)C1CCCN1C(=O)C(CCCN=C(N)N)NC(=O)C(CCCN=C(N)N)NC(=O)C1CCCN1C(=O)C(CCCCN)NC(=O)C(CC(N)=O)NC(=O)C(CCC(=O)O)NC(=O)C(Cc1ccc(O)cc1)NC(=O)C(CC(C)C)NC(=O)C1CCC(=O)N1)C(=O)NC(CC(C)C)C(=O)O. The second kappa shape index (κ2) is 48.7. The highest BCUT2D eigenvalue weighted by molar-refractivity contribution is 6.01. The summed E-state index contributed by atoms with van der Waals surface area (Å²) >= 11 is 0. The van der Waals surface area contributed by atoms with Crippen LogP contribution in [-0.4, -0.2) is 243 Å². The first-order chi connectivity index (χ1) is 55.9. The number of primary amides is 1. The van der Waals surface area contributed by atoms with Crippen molar-refractivity contribution in [3.05, 3.63) is 65.7 Å². The van der Waals surface area contributed by atoms with Gasteiger partial charge in [0.15, 0.2) is 11.9 Å². The number of amides is 14. The molecule has 0 aliphatic carbocycles. The molecule has 5 rings (SSSR count). The second-order valence-corrected chi connectivity index (χ2v) is 30.9. The molecule has 3 fully saturated rings. The fourth-order valence-electron chi connectivity index (χ4n) is 14.0. The summed E-state index contributed by atoms with van der Waals surface area (Å²) in [6, 6.07) is -4.21. The number of unbranched alkanes of at least 4 members (excludes halogenated alkanes) is 1. The van der Waals surface area contributed by atoms with E-state index in [1.807, 2.05) is 0 Å². The van der Waals surface area contributed by atoms with E-state index in [1.54, 1.807) is 71.9 Å². The summed E-state index contributed by atoms with van der Waals surface area (Å²) in [5.41, 5.74) is 35.1. The molecule has 3 aliphatic heterocycles. The lowest BCUT2D eigenvalue weighted by atomic mass is 9.96. The number of carbonyl (C=O) groups is 16. The van der Waals surface area contributed by atoms with Gasteiger partial charge in [0.05, 0.1) is 6.42 Å². The van der Waals surface area contributed by atoms with Gasteiger partial charge in [0.1, 0.15) is 84.3 Å². The number of carbonyl (C=O) groups excluding carboxylic acids is 14. The van der Waals surface area contributed by atoms with Gasteiger partial charge in [0.2, 0.25) is 82.7 Å². The average molecular weight is 1660 g/mol. The summed E-state index contributed by atoms with van der Waals surface area (Å²) in [5.74, 6) is -16.3. The molecule has 40 heteroatoms. The largest absolute Gasteiger partial charge is 0.508 e. The van der Waals surface area contributed by atoms with Crippen molar-refractivity contribution < 1.29 is 92.0 Å². The van der Waals surface area contributed by atoms with E-state index < -0.39 is 192 Å². The Hall–Kier alpha value is -11.7. The summed E-state index contributed by atoms with van der Waals surface area (Å²) in [5, 5.41) is 58.7. The zero-order valence-corrected chi connectivity index (χ0v) is 67.9. The molecule has 26 N–H and O–H groups in total. The Labute approximate surface area is 685 Å². The Morgan fingerprint density at radius 2 is 0.924 bits per heavy atom. The van der Waals surface area contributed by atoms with Crippen molar-refractivity contribution in [3.63, 3.8) is 0 Å². The number of phenols is 1. The Morgan fingerprint density at radius 1 is 0.492 bits per heavy atom. The third kappa shape index (κ3) is 32.4. The van der Waals surface area contributed by atoms with Gasteiger partial charge in [0, 0.05) is 51.9 Å². The summed E-state index contributed by atoms with van der Waals surface area (Å²) in [6.45, 7) is 10.6. The predicted molar refractivity (Wildman–Crippen MR) is 431 cm³/mol. The summed E-state index contributed by atoms with van der Waals surface area (Å²) < 4.78 is 0. The van der Waals surface area contributed by atoms with Crippen LogP contribution in [0.15, 0.2) is 64.6 Å². The van der Waals surface area contributed by atoms with E-state index in [4.69, 9.17) is 34.4 Å². The lowest BCUT2D eigenvalue weighted by molar-refractivity contribution is -0.144. The first-order valence-electron chi connectivity index (χ1n) is 40.2. The molecule has 14 amide bonds. The van der Waals surface area contributed by atoms with Crippen LogP contribution in [0.2, 0.25) is 0 Å². The molecule has 652 valence electrons. The van der Waals surface area contributed by atoms with Crippen LogP contribution in [0.5, 0.6) is 5.75 Å². The summed E-state index contributed by atoms with van der Waals surface area (Å²) in [7, 11) is 0. The van der Waals surface area contributed by atoms with Gasteiger partial charge in [-0.15, -0.1) is 0 Å². The summed E-state index contributed by atoms with van der Waals surface area (Å²) in [6.07, 6.45) is -1.10. The highest BCUT2D eigenvalue weighted by Crippen LogP contribution is 2.25. The van der Waals surface area contributed by atoms with Crippen LogP contribution in [0.4, 0.5) is 0 Å². The van der Waals surface area contributed by atoms with E-state index in [0.717, 1.165) is 0 Å². The number of nitrogens with one attached hydrogen (secondary N) is 11. The molecule has 3 saturated heterocycles. The Morgan fingerprint density at radius 3 is 1.42 bits per heavy atom. The number of phenolic OH excluding ortho intramolecular Hbond substituents is 1. The number of nitrogens with two attached hydrogens (primary N) is 6. The molecule has 3 aliphatic rings. The Bertz CT molecular complexity index is 3860. The highest BCUT2D eigenvalue weighted by Gasteiger charge is 2.44. The van der Waals surface area contributed by atoms with Crippen LogP contribution in [0.3, 0.4) is 0 Å². The van der Waals surface area contributed by atoms with E-state index >= 15 is 9.59 Å². The molecular formula is C78H121N21O19. The van der Waals surface area contributed by atoms with E-state index in [1.165, 1.54) is 34.1 Å². The number of benzene rings is 2. The molecule has 0 radical (unpaired) electrons. The number of hydrogen-bond acceptors (Lipinski definition) is 20. The normalized spacial score (nSPS) is 17.8. The maximum Gasteiger partial charge on any atom is 0.326 e. The molecule has 0 spiro atoms. The molecule has 0 bridgehead atoms. The number of nitrogens with zero attached hydrogens (tertiary/aromatic N) is 4. The molecule has 2 aromatic rings. The van der Waals surface area contributed by atoms with Gasteiger partial charge in [-0.3, -0.25) is 81.9 Å². The highest BCUT2D eigenvalue weighted by atomic mass is 16.4. The number of carboxylic acids is 2. The van der Waals surface area contributed by atoms with E-state index in [9.17, 15) is 82.4 Å². The van der Waals surface area contributed by atoms with Gasteiger partial charge in [-0.1, -0.05) is 90.4 Å². The minimum atomic E-state index is -1.92. The smallest absolute Gasteiger partial charge is 0.326 e. The van der Waals surface area contributed by atoms with Crippen molar-refractivity contribution in [1.82, 2.24) is 68.3 Å². The van der Waals surface area contributed by atoms with Gasteiger partial charge in [0.25, 0.3) is 0 Å². The fourth-order valence-corrected chi connectivity index (χ4v) is 14.0. The van der Waals surface area contributed by atoms with Crippen molar-refractivity contribution >= 4 is 107 Å². The van der Waals surface area contributed by atoms with E-state index in [2.05, 4.69) is 68.5 Å². The topological polar surface area (TPSA) is 653 Å². The Balaban J connectivity index is 1.41. The van der Waals surface area contributed by atoms with Crippen LogP contribution < -0.4 is 92.9 Å². The van der Waals surface area contributed by atoms with Gasteiger partial charge in [-0.05, 0) is 144 Å². The monoisotopic (exact) mass is 1660 g/mol. The van der Waals surface area contributed by atoms with E-state index in [0.29, 0.717) is 30.4 Å². The number of hydrogen-bond donors (Lipinski definition) is 20. The van der Waals surface area contributed by atoms with Crippen LogP contribution in [0.1, 0.15) is 175 Å². The molecule has 40 nitrogen and oxygen atoms in total. The molecular weight excluding hydrogens is 1530 g/mol. The number of carboxylic acid groups (broad SMARTS) is 2. The molecule has 0 aromatic heterocycles. The molecule has 3 heterocycles. The molecule has 118 heavy (non-hydrogen) atoms. The third-order valence-electron chi connectivity index (χ3n) is 20.4. The molecule has 14 unspecified atom stereocenters. The van der Waals surface area contributed by atoms with Crippen molar-refractivity contribution in [2.24, 2.45) is 62.1 Å². The number of aromatic hydroxyl groups is 1. The fraction of sp³-hybridized carbons (Fsp3) is 0.615. The Kier molecular flexibility index (Phi) is 40.0. The van der Waals surface area contributed by atoms with Gasteiger partial charge in [-0.25, -0.2) is 4.79 Å². The lowest BCUT2D eigenvalue weighted by Gasteiger charge is -2.32. The minimum Gasteiger partial charge on any atom is -0.508 e. The minimum absolute atomic E-state index is 0.00249. The van der Waals surface area contributed by atoms with Crippen molar-refractivity contribution in [2.45, 2.75) is 255 Å². The number of rotatable bonds is 50. The number of likely N-dealkylation sites (tertiary alicyclic amines) is 2. The lowest BCUT2D eigenvalue weighted by Crippen LogP contribution is -2.61. The summed E-state index contributed by atoms with van der Waals surface area (Å²) in [4.78, 5) is 234. The van der Waals surface area contributed by atoms with Gasteiger partial charge >= 0.3 is 11.9 Å². The quantitative estimate of drug-likeness (QED) is 0.0173.